The largest absolute Gasteiger partial charge is 0.497 e. The van der Waals surface area contributed by atoms with Gasteiger partial charge in [-0.25, -0.2) is 4.98 Å². The molecule has 0 saturated heterocycles. The fourth-order valence-corrected chi connectivity index (χ4v) is 3.97. The number of hydrogen-bond acceptors (Lipinski definition) is 4. The summed E-state index contributed by atoms with van der Waals surface area (Å²) in [4.78, 5) is 17.4. The van der Waals surface area contributed by atoms with Crippen molar-refractivity contribution >= 4 is 16.9 Å². The van der Waals surface area contributed by atoms with Gasteiger partial charge >= 0.3 is 0 Å². The molecule has 1 aromatic heterocycles. The molecular formula is C28H31N3O3. The molecule has 0 aliphatic heterocycles. The standard InChI is InChI=1S/C28H31N3O3/c1-20-10-8-15-26(21(20)2)34-17-7-6-16-31-25-14-5-4-13-24(25)30-27(31)19-29-28(32)22-11-9-12-23(18-22)33-3/h4-5,8-15,18H,6-7,16-17,19H2,1-3H3,(H,29,32). The zero-order valence-electron chi connectivity index (χ0n) is 20.0. The second kappa shape index (κ2) is 10.9. The number of rotatable bonds is 10. The molecule has 0 atom stereocenters. The Hall–Kier alpha value is -3.80. The number of ether oxygens (including phenoxy) is 2. The molecule has 1 amide bonds. The van der Waals surface area contributed by atoms with Crippen molar-refractivity contribution in [3.63, 3.8) is 0 Å². The van der Waals surface area contributed by atoms with Crippen molar-refractivity contribution in [1.82, 2.24) is 14.9 Å². The summed E-state index contributed by atoms with van der Waals surface area (Å²) in [5, 5.41) is 3.00. The molecule has 34 heavy (non-hydrogen) atoms. The van der Waals surface area contributed by atoms with E-state index in [-0.39, 0.29) is 5.91 Å². The summed E-state index contributed by atoms with van der Waals surface area (Å²) in [5.74, 6) is 2.30. The maximum atomic E-state index is 12.7. The first-order valence-corrected chi connectivity index (χ1v) is 11.6. The Balaban J connectivity index is 1.38. The van der Waals surface area contributed by atoms with Gasteiger partial charge in [0, 0.05) is 12.1 Å². The van der Waals surface area contributed by atoms with Crippen LogP contribution in [-0.4, -0.2) is 29.2 Å². The quantitative estimate of drug-likeness (QED) is 0.322. The van der Waals surface area contributed by atoms with Gasteiger partial charge in [0.25, 0.3) is 5.91 Å². The van der Waals surface area contributed by atoms with Crippen LogP contribution < -0.4 is 14.8 Å². The minimum Gasteiger partial charge on any atom is -0.497 e. The Kier molecular flexibility index (Phi) is 7.48. The number of carbonyl (C=O) groups is 1. The van der Waals surface area contributed by atoms with E-state index in [9.17, 15) is 4.79 Å². The number of amides is 1. The zero-order chi connectivity index (χ0) is 23.9. The summed E-state index contributed by atoms with van der Waals surface area (Å²) < 4.78 is 13.4. The molecule has 3 aromatic carbocycles. The number of carbonyl (C=O) groups excluding carboxylic acids is 1. The number of benzene rings is 3. The molecule has 0 unspecified atom stereocenters. The van der Waals surface area contributed by atoms with E-state index in [2.05, 4.69) is 35.9 Å². The molecule has 0 spiro atoms. The molecule has 0 radical (unpaired) electrons. The van der Waals surface area contributed by atoms with Crippen molar-refractivity contribution in [3.8, 4) is 11.5 Å². The summed E-state index contributed by atoms with van der Waals surface area (Å²) in [7, 11) is 1.59. The smallest absolute Gasteiger partial charge is 0.251 e. The van der Waals surface area contributed by atoms with Gasteiger partial charge in [-0.1, -0.05) is 30.3 Å². The molecule has 4 aromatic rings. The number of methoxy groups -OCH3 is 1. The number of hydrogen-bond donors (Lipinski definition) is 1. The number of aromatic nitrogens is 2. The number of imidazole rings is 1. The van der Waals surface area contributed by atoms with Crippen molar-refractivity contribution in [2.45, 2.75) is 39.8 Å². The third-order valence-corrected chi connectivity index (χ3v) is 6.06. The molecule has 0 saturated carbocycles. The highest BCUT2D eigenvalue weighted by Gasteiger charge is 2.13. The second-order valence-corrected chi connectivity index (χ2v) is 8.34. The number of nitrogens with zero attached hydrogens (tertiary/aromatic N) is 2. The van der Waals surface area contributed by atoms with Gasteiger partial charge in [0.15, 0.2) is 0 Å². The van der Waals surface area contributed by atoms with Gasteiger partial charge in [-0.3, -0.25) is 4.79 Å². The number of unbranched alkanes of at least 4 members (excludes halogenated alkanes) is 1. The molecule has 0 bridgehead atoms. The minimum atomic E-state index is -0.153. The molecule has 6 nitrogen and oxygen atoms in total. The van der Waals surface area contributed by atoms with Gasteiger partial charge in [-0.2, -0.15) is 0 Å². The van der Waals surface area contributed by atoms with E-state index in [1.54, 1.807) is 19.2 Å². The van der Waals surface area contributed by atoms with E-state index >= 15 is 0 Å². The van der Waals surface area contributed by atoms with Gasteiger partial charge < -0.3 is 19.4 Å². The van der Waals surface area contributed by atoms with Crippen molar-refractivity contribution in [1.29, 1.82) is 0 Å². The molecule has 0 aliphatic carbocycles. The van der Waals surface area contributed by atoms with Crippen LogP contribution in [0.25, 0.3) is 11.0 Å². The number of nitrogens with one attached hydrogen (secondary N) is 1. The first-order valence-electron chi connectivity index (χ1n) is 11.6. The molecule has 1 heterocycles. The molecule has 6 heteroatoms. The summed E-state index contributed by atoms with van der Waals surface area (Å²) in [6.45, 7) is 6.01. The number of fused-ring (bicyclic) bond motifs is 1. The lowest BCUT2D eigenvalue weighted by Crippen LogP contribution is -2.24. The van der Waals surface area contributed by atoms with E-state index in [1.807, 2.05) is 42.5 Å². The highest BCUT2D eigenvalue weighted by molar-refractivity contribution is 5.94. The molecule has 4 rings (SSSR count). The predicted molar refractivity (Wildman–Crippen MR) is 135 cm³/mol. The Morgan fingerprint density at radius 2 is 1.82 bits per heavy atom. The lowest BCUT2D eigenvalue weighted by molar-refractivity contribution is 0.0949. The topological polar surface area (TPSA) is 65.4 Å². The Morgan fingerprint density at radius 1 is 1.00 bits per heavy atom. The fourth-order valence-electron chi connectivity index (χ4n) is 3.97. The van der Waals surface area contributed by atoms with Crippen molar-refractivity contribution in [3.05, 3.63) is 89.2 Å². The SMILES string of the molecule is COc1cccc(C(=O)NCc2nc3ccccc3n2CCCCOc2cccc(C)c2C)c1. The Bertz CT molecular complexity index is 1280. The van der Waals surface area contributed by atoms with Gasteiger partial charge in [-0.15, -0.1) is 0 Å². The van der Waals surface area contributed by atoms with Crippen molar-refractivity contribution < 1.29 is 14.3 Å². The first-order chi connectivity index (χ1) is 16.6. The van der Waals surface area contributed by atoms with Crippen LogP contribution >= 0.6 is 0 Å². The normalized spacial score (nSPS) is 10.9. The maximum Gasteiger partial charge on any atom is 0.251 e. The van der Waals surface area contributed by atoms with Gasteiger partial charge in [0.1, 0.15) is 17.3 Å². The van der Waals surface area contributed by atoms with Crippen LogP contribution in [0, 0.1) is 13.8 Å². The van der Waals surface area contributed by atoms with Crippen LogP contribution in [0.4, 0.5) is 0 Å². The highest BCUT2D eigenvalue weighted by atomic mass is 16.5. The molecule has 0 aliphatic rings. The first kappa shape index (κ1) is 23.4. The molecular weight excluding hydrogens is 426 g/mol. The third kappa shape index (κ3) is 5.39. The monoisotopic (exact) mass is 457 g/mol. The van der Waals surface area contributed by atoms with E-state index in [0.29, 0.717) is 24.5 Å². The van der Waals surface area contributed by atoms with E-state index in [4.69, 9.17) is 14.5 Å². The number of para-hydroxylation sites is 2. The maximum absolute atomic E-state index is 12.7. The predicted octanol–water partition coefficient (Wildman–Crippen LogP) is 5.45. The Labute approximate surface area is 200 Å². The molecule has 1 N–H and O–H groups in total. The lowest BCUT2D eigenvalue weighted by Gasteiger charge is -2.12. The van der Waals surface area contributed by atoms with E-state index < -0.39 is 0 Å². The van der Waals surface area contributed by atoms with E-state index in [0.717, 1.165) is 42.0 Å². The van der Waals surface area contributed by atoms with Crippen LogP contribution in [0.2, 0.25) is 0 Å². The fraction of sp³-hybridized carbons (Fsp3) is 0.286. The summed E-state index contributed by atoms with van der Waals surface area (Å²) in [6, 6.07) is 21.4. The lowest BCUT2D eigenvalue weighted by atomic mass is 10.1. The summed E-state index contributed by atoms with van der Waals surface area (Å²) >= 11 is 0. The van der Waals surface area contributed by atoms with E-state index in [1.165, 1.54) is 11.1 Å². The van der Waals surface area contributed by atoms with Crippen LogP contribution in [0.1, 0.15) is 40.2 Å². The van der Waals surface area contributed by atoms with Crippen LogP contribution in [0.15, 0.2) is 66.7 Å². The zero-order valence-corrected chi connectivity index (χ0v) is 20.0. The summed E-state index contributed by atoms with van der Waals surface area (Å²) in [5.41, 5.74) is 4.99. The van der Waals surface area contributed by atoms with Crippen LogP contribution in [0.5, 0.6) is 11.5 Å². The average Bonchev–Trinajstić information content (AvgIpc) is 3.22. The van der Waals surface area contributed by atoms with Crippen LogP contribution in [0.3, 0.4) is 0 Å². The van der Waals surface area contributed by atoms with Crippen LogP contribution in [-0.2, 0) is 13.1 Å². The van der Waals surface area contributed by atoms with Gasteiger partial charge in [0.2, 0.25) is 0 Å². The minimum absolute atomic E-state index is 0.153. The Morgan fingerprint density at radius 3 is 2.68 bits per heavy atom. The number of aryl methyl sites for hydroxylation is 2. The van der Waals surface area contributed by atoms with Gasteiger partial charge in [0.05, 0.1) is 31.3 Å². The van der Waals surface area contributed by atoms with Crippen molar-refractivity contribution in [2.24, 2.45) is 0 Å². The van der Waals surface area contributed by atoms with Gasteiger partial charge in [-0.05, 0) is 74.2 Å². The van der Waals surface area contributed by atoms with Crippen molar-refractivity contribution in [2.75, 3.05) is 13.7 Å². The molecule has 0 fully saturated rings. The molecule has 176 valence electrons. The third-order valence-electron chi connectivity index (χ3n) is 6.06. The highest BCUT2D eigenvalue weighted by Crippen LogP contribution is 2.21. The average molecular weight is 458 g/mol. The second-order valence-electron chi connectivity index (χ2n) is 8.34. The summed E-state index contributed by atoms with van der Waals surface area (Å²) in [6.07, 6.45) is 1.87.